The molecule has 1 aliphatic heterocycles. The molecular formula is C12H17BrN2OS. The van der Waals surface area contributed by atoms with Crippen molar-refractivity contribution in [2.45, 2.75) is 25.8 Å². The molecule has 94 valence electrons. The number of rotatable bonds is 4. The molecule has 1 aromatic heterocycles. The summed E-state index contributed by atoms with van der Waals surface area (Å²) in [7, 11) is 0. The molecular weight excluding hydrogens is 300 g/mol. The number of carbonyl (C=O) groups is 1. The molecule has 1 amide bonds. The van der Waals surface area contributed by atoms with Gasteiger partial charge in [-0.1, -0.05) is 0 Å². The molecule has 2 rings (SSSR count). The molecule has 1 fully saturated rings. The molecule has 0 aromatic carbocycles. The third kappa shape index (κ3) is 4.41. The van der Waals surface area contributed by atoms with Gasteiger partial charge in [-0.25, -0.2) is 0 Å². The van der Waals surface area contributed by atoms with Crippen molar-refractivity contribution in [2.75, 3.05) is 13.1 Å². The minimum absolute atomic E-state index is 0.170. The van der Waals surface area contributed by atoms with Crippen LogP contribution in [0.5, 0.6) is 0 Å². The van der Waals surface area contributed by atoms with Gasteiger partial charge >= 0.3 is 0 Å². The second kappa shape index (κ2) is 6.52. The van der Waals surface area contributed by atoms with Crippen LogP contribution in [0.2, 0.25) is 0 Å². The lowest BCUT2D eigenvalue weighted by molar-refractivity contribution is -0.122. The second-order valence-electron chi connectivity index (χ2n) is 4.42. The summed E-state index contributed by atoms with van der Waals surface area (Å²) in [6.07, 6.45) is 3.01. The van der Waals surface area contributed by atoms with Crippen LogP contribution >= 0.6 is 27.3 Å². The molecule has 1 atom stereocenters. The quantitative estimate of drug-likeness (QED) is 0.896. The van der Waals surface area contributed by atoms with Crippen molar-refractivity contribution in [3.63, 3.8) is 0 Å². The third-order valence-corrected chi connectivity index (χ3v) is 4.65. The molecule has 0 saturated carbocycles. The summed E-state index contributed by atoms with van der Waals surface area (Å²) in [5, 5.41) is 8.35. The summed E-state index contributed by atoms with van der Waals surface area (Å²) in [4.78, 5) is 12.9. The molecule has 1 saturated heterocycles. The van der Waals surface area contributed by atoms with Crippen molar-refractivity contribution >= 4 is 33.2 Å². The highest BCUT2D eigenvalue weighted by atomic mass is 79.9. The zero-order chi connectivity index (χ0) is 12.1. The molecule has 0 aliphatic carbocycles. The summed E-state index contributed by atoms with van der Waals surface area (Å²) in [6.45, 7) is 2.73. The first kappa shape index (κ1) is 13.1. The van der Waals surface area contributed by atoms with Crippen LogP contribution < -0.4 is 10.6 Å². The van der Waals surface area contributed by atoms with Gasteiger partial charge in [0.2, 0.25) is 5.91 Å². The van der Waals surface area contributed by atoms with E-state index in [1.807, 2.05) is 11.4 Å². The van der Waals surface area contributed by atoms with Gasteiger partial charge in [0, 0.05) is 21.2 Å². The van der Waals surface area contributed by atoms with Crippen LogP contribution in [0, 0.1) is 5.92 Å². The van der Waals surface area contributed by atoms with E-state index in [4.69, 9.17) is 0 Å². The van der Waals surface area contributed by atoms with E-state index in [2.05, 4.69) is 26.6 Å². The van der Waals surface area contributed by atoms with Crippen molar-refractivity contribution < 1.29 is 4.79 Å². The second-order valence-corrected chi connectivity index (χ2v) is 6.34. The predicted octanol–water partition coefficient (Wildman–Crippen LogP) is 2.52. The lowest BCUT2D eigenvalue weighted by Gasteiger charge is -2.21. The Morgan fingerprint density at radius 1 is 1.65 bits per heavy atom. The first-order valence-electron chi connectivity index (χ1n) is 5.94. The summed E-state index contributed by atoms with van der Waals surface area (Å²) >= 11 is 5.07. The van der Waals surface area contributed by atoms with Gasteiger partial charge in [0.25, 0.3) is 0 Å². The van der Waals surface area contributed by atoms with Crippen molar-refractivity contribution in [2.24, 2.45) is 5.92 Å². The number of halogens is 1. The van der Waals surface area contributed by atoms with Gasteiger partial charge in [-0.3, -0.25) is 4.79 Å². The lowest BCUT2D eigenvalue weighted by atomic mass is 9.96. The van der Waals surface area contributed by atoms with Gasteiger partial charge in [-0.05, 0) is 53.8 Å². The summed E-state index contributed by atoms with van der Waals surface area (Å²) in [5.41, 5.74) is 0. The van der Waals surface area contributed by atoms with E-state index in [1.54, 1.807) is 11.3 Å². The van der Waals surface area contributed by atoms with E-state index in [1.165, 1.54) is 17.7 Å². The van der Waals surface area contributed by atoms with Crippen LogP contribution in [-0.4, -0.2) is 19.0 Å². The van der Waals surface area contributed by atoms with E-state index in [0.717, 1.165) is 17.6 Å². The molecule has 3 nitrogen and oxygen atoms in total. The summed E-state index contributed by atoms with van der Waals surface area (Å²) < 4.78 is 1.09. The number of carbonyl (C=O) groups excluding carboxylic acids is 1. The van der Waals surface area contributed by atoms with E-state index >= 15 is 0 Å². The maximum atomic E-state index is 11.7. The maximum absolute atomic E-state index is 11.7. The molecule has 1 aromatic rings. The number of thiophene rings is 1. The van der Waals surface area contributed by atoms with Crippen LogP contribution in [0.4, 0.5) is 0 Å². The van der Waals surface area contributed by atoms with Crippen LogP contribution in [0.15, 0.2) is 15.9 Å². The van der Waals surface area contributed by atoms with Gasteiger partial charge in [-0.15, -0.1) is 11.3 Å². The molecule has 0 bridgehead atoms. The Morgan fingerprint density at radius 2 is 2.53 bits per heavy atom. The maximum Gasteiger partial charge on any atom is 0.220 e. The Morgan fingerprint density at radius 3 is 3.18 bits per heavy atom. The molecule has 1 aliphatic rings. The van der Waals surface area contributed by atoms with Gasteiger partial charge in [-0.2, -0.15) is 0 Å². The average Bonchev–Trinajstić information content (AvgIpc) is 2.74. The first-order chi connectivity index (χ1) is 8.24. The summed E-state index contributed by atoms with van der Waals surface area (Å²) in [6, 6.07) is 2.05. The number of hydrogen-bond acceptors (Lipinski definition) is 3. The zero-order valence-electron chi connectivity index (χ0n) is 9.67. The van der Waals surface area contributed by atoms with E-state index < -0.39 is 0 Å². The normalized spacial score (nSPS) is 20.2. The van der Waals surface area contributed by atoms with Gasteiger partial charge in [0.05, 0.1) is 6.54 Å². The Bertz CT molecular complexity index is 374. The molecule has 0 spiro atoms. The Hall–Kier alpha value is -0.390. The molecule has 2 N–H and O–H groups in total. The highest BCUT2D eigenvalue weighted by Crippen LogP contribution is 2.19. The van der Waals surface area contributed by atoms with Gasteiger partial charge in [0.1, 0.15) is 0 Å². The molecule has 0 radical (unpaired) electrons. The first-order valence-corrected chi connectivity index (χ1v) is 7.61. The molecule has 5 heteroatoms. The predicted molar refractivity (Wildman–Crippen MR) is 74.1 cm³/mol. The van der Waals surface area contributed by atoms with Crippen LogP contribution in [-0.2, 0) is 11.3 Å². The molecule has 1 unspecified atom stereocenters. The Balaban J connectivity index is 1.70. The van der Waals surface area contributed by atoms with Crippen LogP contribution in [0.25, 0.3) is 0 Å². The molecule has 2 heterocycles. The van der Waals surface area contributed by atoms with Gasteiger partial charge < -0.3 is 10.6 Å². The monoisotopic (exact) mass is 316 g/mol. The van der Waals surface area contributed by atoms with E-state index in [0.29, 0.717) is 18.9 Å². The summed E-state index contributed by atoms with van der Waals surface area (Å²) in [5.74, 6) is 0.682. The smallest absolute Gasteiger partial charge is 0.220 e. The van der Waals surface area contributed by atoms with Crippen molar-refractivity contribution in [3.8, 4) is 0 Å². The van der Waals surface area contributed by atoms with Crippen LogP contribution in [0.3, 0.4) is 0 Å². The standard InChI is InChI=1S/C12H17BrN2OS/c13-10-5-11(17-8-10)7-15-12(16)4-9-2-1-3-14-6-9/h5,8-9,14H,1-4,6-7H2,(H,15,16). The minimum atomic E-state index is 0.170. The van der Waals surface area contributed by atoms with Gasteiger partial charge in [0.15, 0.2) is 0 Å². The molecule has 17 heavy (non-hydrogen) atoms. The Kier molecular flexibility index (Phi) is 5.00. The average molecular weight is 317 g/mol. The number of piperidine rings is 1. The number of nitrogens with one attached hydrogen (secondary N) is 2. The fourth-order valence-corrected chi connectivity index (χ4v) is 3.46. The van der Waals surface area contributed by atoms with Crippen molar-refractivity contribution in [3.05, 3.63) is 20.8 Å². The third-order valence-electron chi connectivity index (χ3n) is 2.95. The van der Waals surface area contributed by atoms with Crippen LogP contribution in [0.1, 0.15) is 24.1 Å². The van der Waals surface area contributed by atoms with E-state index in [9.17, 15) is 4.79 Å². The number of amides is 1. The lowest BCUT2D eigenvalue weighted by Crippen LogP contribution is -2.33. The highest BCUT2D eigenvalue weighted by molar-refractivity contribution is 9.10. The topological polar surface area (TPSA) is 41.1 Å². The van der Waals surface area contributed by atoms with Crippen molar-refractivity contribution in [1.29, 1.82) is 0 Å². The minimum Gasteiger partial charge on any atom is -0.351 e. The highest BCUT2D eigenvalue weighted by Gasteiger charge is 2.16. The fourth-order valence-electron chi connectivity index (χ4n) is 2.06. The zero-order valence-corrected chi connectivity index (χ0v) is 12.1. The Labute approximate surface area is 114 Å². The fraction of sp³-hybridized carbons (Fsp3) is 0.583. The van der Waals surface area contributed by atoms with Crippen molar-refractivity contribution in [1.82, 2.24) is 10.6 Å². The van der Waals surface area contributed by atoms with E-state index in [-0.39, 0.29) is 5.91 Å². The largest absolute Gasteiger partial charge is 0.351 e. The SMILES string of the molecule is O=C(CC1CCCNC1)NCc1cc(Br)cs1. The number of hydrogen-bond donors (Lipinski definition) is 2.